The number of imidazole rings is 1. The van der Waals surface area contributed by atoms with Gasteiger partial charge < -0.3 is 10.3 Å². The van der Waals surface area contributed by atoms with E-state index in [0.717, 1.165) is 34.5 Å². The third-order valence-electron chi connectivity index (χ3n) is 3.18. The second-order valence-electron chi connectivity index (χ2n) is 4.93. The van der Waals surface area contributed by atoms with E-state index in [0.29, 0.717) is 5.69 Å². The molecule has 4 nitrogen and oxygen atoms in total. The molecule has 0 fully saturated rings. The van der Waals surface area contributed by atoms with Crippen LogP contribution in [0.2, 0.25) is 0 Å². The van der Waals surface area contributed by atoms with Crippen molar-refractivity contribution in [2.45, 2.75) is 13.5 Å². The maximum atomic E-state index is 6.04. The Morgan fingerprint density at radius 3 is 2.70 bits per heavy atom. The summed E-state index contributed by atoms with van der Waals surface area (Å²) in [6.45, 7) is 6.73. The Labute approximate surface area is 117 Å². The fourth-order valence-electron chi connectivity index (χ4n) is 2.32. The van der Waals surface area contributed by atoms with E-state index in [9.17, 15) is 0 Å². The van der Waals surface area contributed by atoms with Crippen LogP contribution < -0.4 is 5.73 Å². The van der Waals surface area contributed by atoms with Crippen molar-refractivity contribution in [2.75, 3.05) is 5.73 Å². The predicted octanol–water partition coefficient (Wildman–Crippen LogP) is 3.26. The van der Waals surface area contributed by atoms with Crippen LogP contribution >= 0.6 is 0 Å². The number of nitrogens with two attached hydrogens (primary N) is 1. The van der Waals surface area contributed by atoms with E-state index in [1.165, 1.54) is 0 Å². The van der Waals surface area contributed by atoms with Gasteiger partial charge in [-0.05, 0) is 31.2 Å². The molecule has 0 aliphatic heterocycles. The number of para-hydroxylation sites is 1. The normalized spacial score (nSPS) is 10.8. The molecular weight excluding hydrogens is 248 g/mol. The smallest absolute Gasteiger partial charge is 0.141 e. The summed E-state index contributed by atoms with van der Waals surface area (Å²) in [5, 5.41) is 0. The zero-order valence-corrected chi connectivity index (χ0v) is 11.4. The zero-order chi connectivity index (χ0) is 14.1. The number of aromatic nitrogens is 3. The van der Waals surface area contributed by atoms with Crippen molar-refractivity contribution in [2.24, 2.45) is 0 Å². The lowest BCUT2D eigenvalue weighted by atomic mass is 10.2. The number of hydrogen-bond acceptors (Lipinski definition) is 3. The van der Waals surface area contributed by atoms with Crippen LogP contribution in [-0.2, 0) is 6.54 Å². The lowest BCUT2D eigenvalue weighted by Crippen LogP contribution is -2.01. The summed E-state index contributed by atoms with van der Waals surface area (Å²) in [7, 11) is 0. The van der Waals surface area contributed by atoms with Gasteiger partial charge >= 0.3 is 0 Å². The van der Waals surface area contributed by atoms with Gasteiger partial charge in [0.2, 0.25) is 0 Å². The lowest BCUT2D eigenvalue weighted by molar-refractivity contribution is 0.820. The fourth-order valence-corrected chi connectivity index (χ4v) is 2.32. The molecule has 3 rings (SSSR count). The minimum atomic E-state index is 0.693. The summed E-state index contributed by atoms with van der Waals surface area (Å²) in [4.78, 5) is 8.76. The van der Waals surface area contributed by atoms with Crippen LogP contribution in [0.1, 0.15) is 6.92 Å². The molecule has 2 heterocycles. The molecule has 0 aliphatic rings. The van der Waals surface area contributed by atoms with Crippen LogP contribution in [0.15, 0.2) is 54.9 Å². The highest BCUT2D eigenvalue weighted by Gasteiger charge is 2.13. The summed E-state index contributed by atoms with van der Waals surface area (Å²) in [6, 6.07) is 9.76. The molecule has 1 aromatic carbocycles. The molecule has 2 aromatic heterocycles. The first-order chi connectivity index (χ1) is 9.66. The Bertz CT molecular complexity index is 772. The number of pyridine rings is 1. The SMILES string of the molecule is C=C(C)Cn1c(-c2ccncc2)nc2c(N)cccc21. The maximum absolute atomic E-state index is 6.04. The van der Waals surface area contributed by atoms with E-state index in [4.69, 9.17) is 10.7 Å². The quantitative estimate of drug-likeness (QED) is 0.583. The Balaban J connectivity index is 2.30. The topological polar surface area (TPSA) is 56.7 Å². The van der Waals surface area contributed by atoms with Crippen LogP contribution in [0.4, 0.5) is 5.69 Å². The maximum Gasteiger partial charge on any atom is 0.141 e. The van der Waals surface area contributed by atoms with Crippen molar-refractivity contribution >= 4 is 16.7 Å². The van der Waals surface area contributed by atoms with Gasteiger partial charge in [-0.2, -0.15) is 0 Å². The highest BCUT2D eigenvalue weighted by Crippen LogP contribution is 2.28. The zero-order valence-electron chi connectivity index (χ0n) is 11.4. The van der Waals surface area contributed by atoms with E-state index >= 15 is 0 Å². The Hall–Kier alpha value is -2.62. The van der Waals surface area contributed by atoms with Crippen LogP contribution in [0.5, 0.6) is 0 Å². The molecule has 2 N–H and O–H groups in total. The second kappa shape index (κ2) is 4.81. The van der Waals surface area contributed by atoms with Crippen LogP contribution in [0.25, 0.3) is 22.4 Å². The molecule has 0 bridgehead atoms. The summed E-state index contributed by atoms with van der Waals surface area (Å²) in [6.07, 6.45) is 3.53. The summed E-state index contributed by atoms with van der Waals surface area (Å²) < 4.78 is 2.14. The van der Waals surface area contributed by atoms with Crippen LogP contribution in [-0.4, -0.2) is 14.5 Å². The number of hydrogen-bond donors (Lipinski definition) is 1. The van der Waals surface area contributed by atoms with E-state index in [2.05, 4.69) is 16.1 Å². The largest absolute Gasteiger partial charge is 0.397 e. The molecular formula is C16H16N4. The van der Waals surface area contributed by atoms with Crippen molar-refractivity contribution < 1.29 is 0 Å². The Morgan fingerprint density at radius 1 is 1.25 bits per heavy atom. The van der Waals surface area contributed by atoms with Gasteiger partial charge in [0.1, 0.15) is 11.3 Å². The molecule has 100 valence electrons. The number of anilines is 1. The molecule has 0 unspecified atom stereocenters. The first kappa shape index (κ1) is 12.4. The van der Waals surface area contributed by atoms with Gasteiger partial charge in [-0.25, -0.2) is 4.98 Å². The lowest BCUT2D eigenvalue weighted by Gasteiger charge is -2.08. The van der Waals surface area contributed by atoms with Crippen molar-refractivity contribution in [1.29, 1.82) is 0 Å². The third-order valence-corrected chi connectivity index (χ3v) is 3.18. The summed E-state index contributed by atoms with van der Waals surface area (Å²) in [5.74, 6) is 0.892. The van der Waals surface area contributed by atoms with Gasteiger partial charge in [0.15, 0.2) is 0 Å². The third kappa shape index (κ3) is 2.05. The monoisotopic (exact) mass is 264 g/mol. The molecule has 0 aliphatic carbocycles. The second-order valence-corrected chi connectivity index (χ2v) is 4.93. The van der Waals surface area contributed by atoms with E-state index in [1.54, 1.807) is 12.4 Å². The highest BCUT2D eigenvalue weighted by molar-refractivity contribution is 5.90. The molecule has 0 atom stereocenters. The number of benzene rings is 1. The number of allylic oxidation sites excluding steroid dienone is 1. The molecule has 0 saturated carbocycles. The molecule has 0 spiro atoms. The minimum absolute atomic E-state index is 0.693. The fraction of sp³-hybridized carbons (Fsp3) is 0.125. The van der Waals surface area contributed by atoms with Gasteiger partial charge in [0, 0.05) is 24.5 Å². The van der Waals surface area contributed by atoms with Crippen LogP contribution in [0, 0.1) is 0 Å². The highest BCUT2D eigenvalue weighted by atomic mass is 15.1. The van der Waals surface area contributed by atoms with E-state index in [-0.39, 0.29) is 0 Å². The molecule has 0 saturated heterocycles. The van der Waals surface area contributed by atoms with Gasteiger partial charge in [0.05, 0.1) is 11.2 Å². The molecule has 0 radical (unpaired) electrons. The van der Waals surface area contributed by atoms with Gasteiger partial charge in [-0.3, -0.25) is 4.98 Å². The number of fused-ring (bicyclic) bond motifs is 1. The van der Waals surface area contributed by atoms with E-state index < -0.39 is 0 Å². The van der Waals surface area contributed by atoms with Crippen molar-refractivity contribution in [3.8, 4) is 11.4 Å². The molecule has 20 heavy (non-hydrogen) atoms. The number of nitrogen functional groups attached to an aromatic ring is 1. The average Bonchev–Trinajstić information content (AvgIpc) is 2.80. The Kier molecular flexibility index (Phi) is 2.99. The van der Waals surface area contributed by atoms with Crippen molar-refractivity contribution in [1.82, 2.24) is 14.5 Å². The van der Waals surface area contributed by atoms with Crippen LogP contribution in [0.3, 0.4) is 0 Å². The Morgan fingerprint density at radius 2 is 2.00 bits per heavy atom. The first-order valence-corrected chi connectivity index (χ1v) is 6.46. The van der Waals surface area contributed by atoms with Crippen molar-refractivity contribution in [3.63, 3.8) is 0 Å². The average molecular weight is 264 g/mol. The summed E-state index contributed by atoms with van der Waals surface area (Å²) >= 11 is 0. The molecule has 0 amide bonds. The number of rotatable bonds is 3. The first-order valence-electron chi connectivity index (χ1n) is 6.46. The van der Waals surface area contributed by atoms with Gasteiger partial charge in [-0.1, -0.05) is 18.2 Å². The number of nitrogens with zero attached hydrogens (tertiary/aromatic N) is 3. The minimum Gasteiger partial charge on any atom is -0.397 e. The molecule has 3 aromatic rings. The predicted molar refractivity (Wildman–Crippen MR) is 82.2 cm³/mol. The van der Waals surface area contributed by atoms with Crippen molar-refractivity contribution in [3.05, 3.63) is 54.9 Å². The summed E-state index contributed by atoms with van der Waals surface area (Å²) in [5.41, 5.74) is 10.7. The van der Waals surface area contributed by atoms with E-state index in [1.807, 2.05) is 37.3 Å². The van der Waals surface area contributed by atoms with Gasteiger partial charge in [-0.15, -0.1) is 0 Å². The van der Waals surface area contributed by atoms with Gasteiger partial charge in [0.25, 0.3) is 0 Å². The molecule has 4 heteroatoms. The standard InChI is InChI=1S/C16H16N4/c1-11(2)10-20-14-5-3-4-13(17)15(14)19-16(20)12-6-8-18-9-7-12/h3-9H,1,10,17H2,2H3.